The molecule has 0 radical (unpaired) electrons. The summed E-state index contributed by atoms with van der Waals surface area (Å²) in [7, 11) is 0. The van der Waals surface area contributed by atoms with Crippen molar-refractivity contribution in [3.05, 3.63) is 71.9 Å². The number of aromatic nitrogens is 2. The van der Waals surface area contributed by atoms with Crippen molar-refractivity contribution >= 4 is 29.2 Å². The van der Waals surface area contributed by atoms with Gasteiger partial charge in [-0.1, -0.05) is 24.3 Å². The van der Waals surface area contributed by atoms with Gasteiger partial charge in [0, 0.05) is 23.2 Å². The van der Waals surface area contributed by atoms with Gasteiger partial charge >= 0.3 is 0 Å². The van der Waals surface area contributed by atoms with E-state index in [-0.39, 0.29) is 23.1 Å². The molecule has 4 rings (SSSR count). The van der Waals surface area contributed by atoms with Gasteiger partial charge in [0.05, 0.1) is 5.69 Å². The molecule has 1 saturated carbocycles. The van der Waals surface area contributed by atoms with E-state index < -0.39 is 11.8 Å². The predicted molar refractivity (Wildman–Crippen MR) is 108 cm³/mol. The third-order valence-corrected chi connectivity index (χ3v) is 4.55. The van der Waals surface area contributed by atoms with E-state index >= 15 is 0 Å². The van der Waals surface area contributed by atoms with Gasteiger partial charge < -0.3 is 16.4 Å². The minimum absolute atomic E-state index is 0.0166. The van der Waals surface area contributed by atoms with Gasteiger partial charge in [-0.05, 0) is 43.2 Å². The average Bonchev–Trinajstić information content (AvgIpc) is 3.49. The van der Waals surface area contributed by atoms with Crippen molar-refractivity contribution in [1.82, 2.24) is 9.78 Å². The number of para-hydroxylation sites is 1. The van der Waals surface area contributed by atoms with E-state index in [4.69, 9.17) is 5.73 Å². The van der Waals surface area contributed by atoms with Crippen LogP contribution in [0.4, 0.5) is 11.5 Å². The van der Waals surface area contributed by atoms with Crippen molar-refractivity contribution < 1.29 is 14.4 Å². The van der Waals surface area contributed by atoms with Crippen LogP contribution in [-0.4, -0.2) is 27.5 Å². The highest BCUT2D eigenvalue weighted by atomic mass is 16.2. The maximum absolute atomic E-state index is 12.7. The van der Waals surface area contributed by atoms with Crippen LogP contribution >= 0.6 is 0 Å². The molecule has 0 atom stereocenters. The number of nitrogens with zero attached hydrogens (tertiary/aromatic N) is 2. The zero-order valence-electron chi connectivity index (χ0n) is 15.5. The molecular weight excluding hydrogens is 370 g/mol. The molecule has 2 aromatic carbocycles. The first-order valence-corrected chi connectivity index (χ1v) is 9.19. The minimum Gasteiger partial charge on any atom is -0.366 e. The standard InChI is InChI=1S/C21H19N5O3/c22-19(27)14-5-4-6-15(11-14)23-21(29)17-12-18(24-20(28)13-9-10-13)26(25-17)16-7-2-1-3-8-16/h1-8,11-13H,9-10H2,(H2,22,27)(H,23,29)(H,24,28). The summed E-state index contributed by atoms with van der Waals surface area (Å²) in [6.45, 7) is 0. The molecule has 1 aliphatic rings. The summed E-state index contributed by atoms with van der Waals surface area (Å²) in [6.07, 6.45) is 1.74. The van der Waals surface area contributed by atoms with E-state index in [9.17, 15) is 14.4 Å². The lowest BCUT2D eigenvalue weighted by molar-refractivity contribution is -0.117. The second kappa shape index (κ2) is 7.59. The topological polar surface area (TPSA) is 119 Å². The number of hydrogen-bond donors (Lipinski definition) is 3. The number of benzene rings is 2. The normalized spacial score (nSPS) is 13.0. The zero-order valence-corrected chi connectivity index (χ0v) is 15.5. The molecule has 3 amide bonds. The van der Waals surface area contributed by atoms with Crippen molar-refractivity contribution in [1.29, 1.82) is 0 Å². The highest BCUT2D eigenvalue weighted by Crippen LogP contribution is 2.30. The van der Waals surface area contributed by atoms with Crippen molar-refractivity contribution in [3.8, 4) is 5.69 Å². The molecule has 8 nitrogen and oxygen atoms in total. The molecule has 4 N–H and O–H groups in total. The van der Waals surface area contributed by atoms with E-state index in [1.54, 1.807) is 18.2 Å². The zero-order chi connectivity index (χ0) is 20.4. The smallest absolute Gasteiger partial charge is 0.276 e. The Kier molecular flexibility index (Phi) is 4.82. The molecule has 0 unspecified atom stereocenters. The average molecular weight is 389 g/mol. The first kappa shape index (κ1) is 18.4. The number of anilines is 2. The Balaban J connectivity index is 1.62. The number of carbonyl (C=O) groups excluding carboxylic acids is 3. The second-order valence-electron chi connectivity index (χ2n) is 6.82. The summed E-state index contributed by atoms with van der Waals surface area (Å²) in [5.74, 6) is -0.696. The van der Waals surface area contributed by atoms with Crippen LogP contribution in [0.25, 0.3) is 5.69 Å². The Morgan fingerprint density at radius 1 is 0.966 bits per heavy atom. The monoisotopic (exact) mass is 389 g/mol. The molecule has 29 heavy (non-hydrogen) atoms. The maximum Gasteiger partial charge on any atom is 0.276 e. The van der Waals surface area contributed by atoms with E-state index in [0.29, 0.717) is 17.2 Å². The second-order valence-corrected chi connectivity index (χ2v) is 6.82. The van der Waals surface area contributed by atoms with Gasteiger partial charge in [0.25, 0.3) is 5.91 Å². The third kappa shape index (κ3) is 4.16. The van der Waals surface area contributed by atoms with Crippen LogP contribution in [0.3, 0.4) is 0 Å². The number of hydrogen-bond acceptors (Lipinski definition) is 4. The Labute approximate surface area is 166 Å². The van der Waals surface area contributed by atoms with Crippen molar-refractivity contribution in [2.75, 3.05) is 10.6 Å². The highest BCUT2D eigenvalue weighted by molar-refractivity contribution is 6.05. The van der Waals surface area contributed by atoms with Crippen molar-refractivity contribution in [2.24, 2.45) is 11.7 Å². The summed E-state index contributed by atoms with van der Waals surface area (Å²) in [5, 5.41) is 9.92. The number of carbonyl (C=O) groups is 3. The van der Waals surface area contributed by atoms with E-state index in [1.165, 1.54) is 16.8 Å². The molecule has 1 heterocycles. The molecule has 3 aromatic rings. The first-order chi connectivity index (χ1) is 14.0. The Hall–Kier alpha value is -3.94. The fourth-order valence-corrected chi connectivity index (χ4v) is 2.87. The van der Waals surface area contributed by atoms with Crippen LogP contribution in [-0.2, 0) is 4.79 Å². The molecule has 0 bridgehead atoms. The minimum atomic E-state index is -0.584. The van der Waals surface area contributed by atoms with E-state index in [2.05, 4.69) is 15.7 Å². The summed E-state index contributed by atoms with van der Waals surface area (Å²) in [6, 6.07) is 17.1. The van der Waals surface area contributed by atoms with Crippen LogP contribution in [0.2, 0.25) is 0 Å². The van der Waals surface area contributed by atoms with E-state index in [1.807, 2.05) is 30.3 Å². The lowest BCUT2D eigenvalue weighted by atomic mass is 10.2. The van der Waals surface area contributed by atoms with Gasteiger partial charge in [0.15, 0.2) is 5.69 Å². The van der Waals surface area contributed by atoms with Crippen LogP contribution in [0.15, 0.2) is 60.7 Å². The Morgan fingerprint density at radius 2 is 1.72 bits per heavy atom. The predicted octanol–water partition coefficient (Wildman–Crippen LogP) is 2.57. The van der Waals surface area contributed by atoms with Crippen LogP contribution < -0.4 is 16.4 Å². The molecule has 1 aromatic heterocycles. The van der Waals surface area contributed by atoms with Crippen molar-refractivity contribution in [3.63, 3.8) is 0 Å². The summed E-state index contributed by atoms with van der Waals surface area (Å²) in [4.78, 5) is 36.3. The van der Waals surface area contributed by atoms with Crippen molar-refractivity contribution in [2.45, 2.75) is 12.8 Å². The number of amides is 3. The van der Waals surface area contributed by atoms with Crippen LogP contribution in [0.1, 0.15) is 33.7 Å². The molecular formula is C21H19N5O3. The van der Waals surface area contributed by atoms with Gasteiger partial charge in [0.1, 0.15) is 5.82 Å². The molecule has 0 saturated heterocycles. The summed E-state index contributed by atoms with van der Waals surface area (Å²) >= 11 is 0. The molecule has 0 spiro atoms. The summed E-state index contributed by atoms with van der Waals surface area (Å²) < 4.78 is 1.52. The highest BCUT2D eigenvalue weighted by Gasteiger charge is 2.30. The fourth-order valence-electron chi connectivity index (χ4n) is 2.87. The van der Waals surface area contributed by atoms with Crippen LogP contribution in [0, 0.1) is 5.92 Å². The lowest BCUT2D eigenvalue weighted by Crippen LogP contribution is -2.16. The molecule has 1 aliphatic carbocycles. The Morgan fingerprint density at radius 3 is 2.41 bits per heavy atom. The largest absolute Gasteiger partial charge is 0.366 e. The molecule has 146 valence electrons. The molecule has 1 fully saturated rings. The first-order valence-electron chi connectivity index (χ1n) is 9.19. The quantitative estimate of drug-likeness (QED) is 0.600. The third-order valence-electron chi connectivity index (χ3n) is 4.55. The van der Waals surface area contributed by atoms with Gasteiger partial charge in [-0.15, -0.1) is 0 Å². The molecule has 0 aliphatic heterocycles. The maximum atomic E-state index is 12.7. The number of nitrogens with two attached hydrogens (primary N) is 1. The Bertz CT molecular complexity index is 1090. The van der Waals surface area contributed by atoms with Gasteiger partial charge in [-0.2, -0.15) is 5.10 Å². The number of primary amides is 1. The number of rotatable bonds is 6. The fraction of sp³-hybridized carbons (Fsp3) is 0.143. The number of nitrogens with one attached hydrogen (secondary N) is 2. The van der Waals surface area contributed by atoms with Gasteiger partial charge in [-0.3, -0.25) is 14.4 Å². The SMILES string of the molecule is NC(=O)c1cccc(NC(=O)c2cc(NC(=O)C3CC3)n(-c3ccccc3)n2)c1. The van der Waals surface area contributed by atoms with Gasteiger partial charge in [-0.25, -0.2) is 4.68 Å². The lowest BCUT2D eigenvalue weighted by Gasteiger charge is -2.08. The summed E-state index contributed by atoms with van der Waals surface area (Å²) in [5.41, 5.74) is 6.83. The van der Waals surface area contributed by atoms with Gasteiger partial charge in [0.2, 0.25) is 11.8 Å². The van der Waals surface area contributed by atoms with E-state index in [0.717, 1.165) is 12.8 Å². The molecule has 8 heteroatoms. The van der Waals surface area contributed by atoms with Crippen LogP contribution in [0.5, 0.6) is 0 Å².